The first-order valence-corrected chi connectivity index (χ1v) is 6.63. The van der Waals surface area contributed by atoms with Crippen molar-refractivity contribution in [3.8, 4) is 5.75 Å². The summed E-state index contributed by atoms with van der Waals surface area (Å²) in [4.78, 5) is 12.0. The van der Waals surface area contributed by atoms with Gasteiger partial charge in [-0.15, -0.1) is 0 Å². The Morgan fingerprint density at radius 3 is 2.89 bits per heavy atom. The first kappa shape index (κ1) is 13.7. The van der Waals surface area contributed by atoms with Gasteiger partial charge >= 0.3 is 0 Å². The van der Waals surface area contributed by atoms with Crippen molar-refractivity contribution in [1.29, 1.82) is 0 Å². The van der Waals surface area contributed by atoms with Crippen LogP contribution in [0.25, 0.3) is 0 Å². The van der Waals surface area contributed by atoms with Gasteiger partial charge in [-0.25, -0.2) is 0 Å². The molecule has 19 heavy (non-hydrogen) atoms. The molecule has 1 fully saturated rings. The van der Waals surface area contributed by atoms with Gasteiger partial charge in [-0.1, -0.05) is 0 Å². The molecule has 1 aliphatic heterocycles. The van der Waals surface area contributed by atoms with Crippen molar-refractivity contribution in [3.63, 3.8) is 0 Å². The number of benzene rings is 1. The van der Waals surface area contributed by atoms with Crippen LogP contribution in [-0.2, 0) is 4.74 Å². The number of nitrogens with one attached hydrogen (secondary N) is 1. The second-order valence-electron chi connectivity index (χ2n) is 4.54. The van der Waals surface area contributed by atoms with Gasteiger partial charge in [-0.3, -0.25) is 4.79 Å². The van der Waals surface area contributed by atoms with Crippen molar-refractivity contribution in [2.24, 2.45) is 0 Å². The lowest BCUT2D eigenvalue weighted by Gasteiger charge is -2.24. The van der Waals surface area contributed by atoms with Gasteiger partial charge in [0.15, 0.2) is 0 Å². The quantitative estimate of drug-likeness (QED) is 0.810. The molecule has 1 saturated heterocycles. The number of carbonyl (C=O) groups excluding carboxylic acids is 1. The molecule has 0 unspecified atom stereocenters. The van der Waals surface area contributed by atoms with Gasteiger partial charge in [0.1, 0.15) is 11.9 Å². The van der Waals surface area contributed by atoms with Crippen LogP contribution >= 0.6 is 0 Å². The Kier molecular flexibility index (Phi) is 4.63. The summed E-state index contributed by atoms with van der Waals surface area (Å²) in [5.74, 6) is 0.419. The van der Waals surface area contributed by atoms with E-state index >= 15 is 0 Å². The molecule has 1 aromatic carbocycles. The predicted octanol–water partition coefficient (Wildman–Crippen LogP) is 1.58. The maximum absolute atomic E-state index is 12.0. The third-order valence-corrected chi connectivity index (χ3v) is 3.05. The number of hydrogen-bond donors (Lipinski definition) is 2. The van der Waals surface area contributed by atoms with Crippen molar-refractivity contribution in [2.45, 2.75) is 25.9 Å². The van der Waals surface area contributed by atoms with Crippen LogP contribution in [0.15, 0.2) is 18.2 Å². The van der Waals surface area contributed by atoms with E-state index in [1.807, 2.05) is 6.92 Å². The molecule has 104 valence electrons. The summed E-state index contributed by atoms with van der Waals surface area (Å²) in [6.07, 6.45) is 1.76. The molecule has 0 aromatic heterocycles. The maximum Gasteiger partial charge on any atom is 0.255 e. The Morgan fingerprint density at radius 1 is 1.47 bits per heavy atom. The first-order chi connectivity index (χ1) is 9.20. The lowest BCUT2D eigenvalue weighted by atomic mass is 10.1. The Bertz CT molecular complexity index is 442. The largest absolute Gasteiger partial charge is 0.489 e. The molecule has 1 heterocycles. The van der Waals surface area contributed by atoms with E-state index in [4.69, 9.17) is 15.2 Å². The number of nitrogen functional groups attached to an aromatic ring is 1. The normalized spacial score (nSPS) is 16.1. The van der Waals surface area contributed by atoms with Gasteiger partial charge in [0.25, 0.3) is 5.91 Å². The fraction of sp³-hybridized carbons (Fsp3) is 0.500. The zero-order chi connectivity index (χ0) is 13.7. The molecule has 0 radical (unpaired) electrons. The van der Waals surface area contributed by atoms with Gasteiger partial charge < -0.3 is 20.5 Å². The van der Waals surface area contributed by atoms with Crippen LogP contribution < -0.4 is 15.8 Å². The molecule has 2 rings (SSSR count). The highest BCUT2D eigenvalue weighted by molar-refractivity contribution is 5.97. The van der Waals surface area contributed by atoms with Crippen molar-refractivity contribution in [1.82, 2.24) is 5.32 Å². The minimum Gasteiger partial charge on any atom is -0.489 e. The molecule has 1 aliphatic rings. The average molecular weight is 264 g/mol. The van der Waals surface area contributed by atoms with Crippen LogP contribution in [0.3, 0.4) is 0 Å². The molecule has 0 atom stereocenters. The molecule has 0 aliphatic carbocycles. The smallest absolute Gasteiger partial charge is 0.255 e. The van der Waals surface area contributed by atoms with Crippen LogP contribution in [0.4, 0.5) is 5.69 Å². The highest BCUT2D eigenvalue weighted by Gasteiger charge is 2.19. The zero-order valence-corrected chi connectivity index (χ0v) is 11.1. The number of carbonyl (C=O) groups is 1. The van der Waals surface area contributed by atoms with Crippen LogP contribution in [0.2, 0.25) is 0 Å². The average Bonchev–Trinajstić information content (AvgIpc) is 2.40. The Labute approximate surface area is 113 Å². The van der Waals surface area contributed by atoms with Gasteiger partial charge in [-0.05, 0) is 19.1 Å². The molecule has 0 saturated carbocycles. The summed E-state index contributed by atoms with van der Waals surface area (Å²) >= 11 is 0. The molecular weight excluding hydrogens is 244 g/mol. The first-order valence-electron chi connectivity index (χ1n) is 6.63. The lowest BCUT2D eigenvalue weighted by Crippen LogP contribution is -2.28. The number of amides is 1. The van der Waals surface area contributed by atoms with Gasteiger partial charge in [0.05, 0.1) is 18.8 Å². The van der Waals surface area contributed by atoms with Crippen molar-refractivity contribution in [3.05, 3.63) is 23.8 Å². The Hall–Kier alpha value is -1.75. The van der Waals surface area contributed by atoms with E-state index in [0.717, 1.165) is 12.8 Å². The van der Waals surface area contributed by atoms with Crippen LogP contribution in [-0.4, -0.2) is 31.8 Å². The fourth-order valence-corrected chi connectivity index (χ4v) is 2.05. The Morgan fingerprint density at radius 2 is 2.21 bits per heavy atom. The van der Waals surface area contributed by atoms with Crippen molar-refractivity contribution >= 4 is 11.6 Å². The van der Waals surface area contributed by atoms with E-state index in [9.17, 15) is 4.79 Å². The SMILES string of the molecule is CCNC(=O)c1ccc(N)cc1OC1CCOCC1. The number of rotatable bonds is 4. The predicted molar refractivity (Wildman–Crippen MR) is 73.3 cm³/mol. The fourth-order valence-electron chi connectivity index (χ4n) is 2.05. The summed E-state index contributed by atoms with van der Waals surface area (Å²) in [6.45, 7) is 3.86. The molecular formula is C14H20N2O3. The lowest BCUT2D eigenvalue weighted by molar-refractivity contribution is 0.0252. The zero-order valence-electron chi connectivity index (χ0n) is 11.1. The highest BCUT2D eigenvalue weighted by atomic mass is 16.5. The summed E-state index contributed by atoms with van der Waals surface area (Å²) < 4.78 is 11.2. The molecule has 5 nitrogen and oxygen atoms in total. The number of anilines is 1. The topological polar surface area (TPSA) is 73.6 Å². The second-order valence-corrected chi connectivity index (χ2v) is 4.54. The van der Waals surface area contributed by atoms with Crippen LogP contribution in [0.5, 0.6) is 5.75 Å². The van der Waals surface area contributed by atoms with E-state index < -0.39 is 0 Å². The van der Waals surface area contributed by atoms with Gasteiger partial charge in [-0.2, -0.15) is 0 Å². The molecule has 0 bridgehead atoms. The maximum atomic E-state index is 12.0. The number of ether oxygens (including phenoxy) is 2. The summed E-state index contributed by atoms with van der Waals surface area (Å²) in [5, 5.41) is 2.77. The Balaban J connectivity index is 2.16. The second kappa shape index (κ2) is 6.43. The third kappa shape index (κ3) is 3.61. The van der Waals surface area contributed by atoms with E-state index in [-0.39, 0.29) is 12.0 Å². The van der Waals surface area contributed by atoms with E-state index in [1.54, 1.807) is 18.2 Å². The standard InChI is InChI=1S/C14H20N2O3/c1-2-16-14(17)12-4-3-10(15)9-13(12)19-11-5-7-18-8-6-11/h3-4,9,11H,2,5-8,15H2,1H3,(H,16,17). The minimum atomic E-state index is -0.135. The van der Waals surface area contributed by atoms with Crippen molar-refractivity contribution in [2.75, 3.05) is 25.5 Å². The third-order valence-electron chi connectivity index (χ3n) is 3.05. The van der Waals surface area contributed by atoms with Crippen molar-refractivity contribution < 1.29 is 14.3 Å². The van der Waals surface area contributed by atoms with E-state index in [1.165, 1.54) is 0 Å². The molecule has 0 spiro atoms. The number of hydrogen-bond acceptors (Lipinski definition) is 4. The minimum absolute atomic E-state index is 0.0868. The monoisotopic (exact) mass is 264 g/mol. The summed E-state index contributed by atoms with van der Waals surface area (Å²) in [7, 11) is 0. The van der Waals surface area contributed by atoms with E-state index in [0.29, 0.717) is 36.8 Å². The van der Waals surface area contributed by atoms with Crippen LogP contribution in [0, 0.1) is 0 Å². The van der Waals surface area contributed by atoms with Crippen LogP contribution in [0.1, 0.15) is 30.1 Å². The summed E-state index contributed by atoms with van der Waals surface area (Å²) in [6, 6.07) is 5.12. The van der Waals surface area contributed by atoms with Gasteiger partial charge in [0.2, 0.25) is 0 Å². The molecule has 5 heteroatoms. The number of nitrogens with two attached hydrogens (primary N) is 1. The van der Waals surface area contributed by atoms with Gasteiger partial charge in [0, 0.05) is 31.1 Å². The molecule has 1 aromatic rings. The molecule has 1 amide bonds. The summed E-state index contributed by atoms with van der Waals surface area (Å²) in [5.41, 5.74) is 6.89. The molecule has 3 N–H and O–H groups in total. The van der Waals surface area contributed by atoms with E-state index in [2.05, 4.69) is 5.32 Å². The highest BCUT2D eigenvalue weighted by Crippen LogP contribution is 2.25.